The van der Waals surface area contributed by atoms with Gasteiger partial charge in [-0.25, -0.2) is 0 Å². The van der Waals surface area contributed by atoms with Gasteiger partial charge in [-0.1, -0.05) is 39.7 Å². The minimum atomic E-state index is -0.358. The molecule has 0 aliphatic heterocycles. The van der Waals surface area contributed by atoms with E-state index in [0.29, 0.717) is 5.57 Å². The standard InChI is InChI=1S/C11H21NO/c1-9(2)7-5-4-6-8-10(3)11(12)13/h9H,3-8H2,1-2H3,(H2,12,13). The topological polar surface area (TPSA) is 43.1 Å². The summed E-state index contributed by atoms with van der Waals surface area (Å²) < 4.78 is 0. The summed E-state index contributed by atoms with van der Waals surface area (Å²) in [7, 11) is 0. The normalized spacial score (nSPS) is 10.4. The van der Waals surface area contributed by atoms with Crippen LogP contribution in [0.5, 0.6) is 0 Å². The van der Waals surface area contributed by atoms with Gasteiger partial charge in [-0.3, -0.25) is 4.79 Å². The van der Waals surface area contributed by atoms with Crippen molar-refractivity contribution in [3.05, 3.63) is 12.2 Å². The zero-order chi connectivity index (χ0) is 10.3. The second-order valence-electron chi connectivity index (χ2n) is 3.96. The first kappa shape index (κ1) is 12.2. The molecular weight excluding hydrogens is 162 g/mol. The van der Waals surface area contributed by atoms with E-state index in [1.807, 2.05) is 0 Å². The average molecular weight is 183 g/mol. The van der Waals surface area contributed by atoms with Crippen LogP contribution in [0.4, 0.5) is 0 Å². The van der Waals surface area contributed by atoms with E-state index in [0.717, 1.165) is 18.8 Å². The minimum Gasteiger partial charge on any atom is -0.366 e. The highest BCUT2D eigenvalue weighted by Crippen LogP contribution is 2.11. The molecule has 2 heteroatoms. The number of unbranched alkanes of at least 4 members (excludes halogenated alkanes) is 2. The molecule has 76 valence electrons. The lowest BCUT2D eigenvalue weighted by Crippen LogP contribution is -2.12. The van der Waals surface area contributed by atoms with Gasteiger partial charge < -0.3 is 5.73 Å². The lowest BCUT2D eigenvalue weighted by Gasteiger charge is -2.04. The quantitative estimate of drug-likeness (QED) is 0.478. The van der Waals surface area contributed by atoms with Crippen molar-refractivity contribution in [2.75, 3.05) is 0 Å². The number of primary amides is 1. The molecule has 0 rings (SSSR count). The fourth-order valence-electron chi connectivity index (χ4n) is 1.19. The van der Waals surface area contributed by atoms with Gasteiger partial charge in [0.15, 0.2) is 0 Å². The van der Waals surface area contributed by atoms with E-state index in [-0.39, 0.29) is 5.91 Å². The van der Waals surface area contributed by atoms with E-state index in [2.05, 4.69) is 20.4 Å². The molecule has 0 fully saturated rings. The molecule has 13 heavy (non-hydrogen) atoms. The molecule has 1 amide bonds. The van der Waals surface area contributed by atoms with Crippen molar-refractivity contribution in [3.8, 4) is 0 Å². The zero-order valence-corrected chi connectivity index (χ0v) is 8.81. The molecule has 0 saturated carbocycles. The molecule has 0 aliphatic carbocycles. The number of hydrogen-bond acceptors (Lipinski definition) is 1. The first-order chi connectivity index (χ1) is 6.04. The van der Waals surface area contributed by atoms with Crippen molar-refractivity contribution in [2.24, 2.45) is 11.7 Å². The Hall–Kier alpha value is -0.790. The van der Waals surface area contributed by atoms with Crippen molar-refractivity contribution in [3.63, 3.8) is 0 Å². The second-order valence-corrected chi connectivity index (χ2v) is 3.96. The maximum Gasteiger partial charge on any atom is 0.244 e. The molecule has 2 nitrogen and oxygen atoms in total. The molecule has 0 saturated heterocycles. The van der Waals surface area contributed by atoms with Gasteiger partial charge in [-0.05, 0) is 18.8 Å². The zero-order valence-electron chi connectivity index (χ0n) is 8.81. The first-order valence-electron chi connectivity index (χ1n) is 5.01. The third-order valence-corrected chi connectivity index (χ3v) is 2.11. The van der Waals surface area contributed by atoms with Gasteiger partial charge in [-0.2, -0.15) is 0 Å². The third-order valence-electron chi connectivity index (χ3n) is 2.11. The Morgan fingerprint density at radius 3 is 2.38 bits per heavy atom. The first-order valence-corrected chi connectivity index (χ1v) is 5.01. The lowest BCUT2D eigenvalue weighted by atomic mass is 10.0. The minimum absolute atomic E-state index is 0.358. The molecule has 0 radical (unpaired) electrons. The van der Waals surface area contributed by atoms with Crippen LogP contribution in [0.2, 0.25) is 0 Å². The Morgan fingerprint density at radius 2 is 1.92 bits per heavy atom. The van der Waals surface area contributed by atoms with Crippen LogP contribution >= 0.6 is 0 Å². The van der Waals surface area contributed by atoms with Crippen LogP contribution in [-0.4, -0.2) is 5.91 Å². The Labute approximate surface area is 81.2 Å². The number of nitrogens with two attached hydrogens (primary N) is 1. The largest absolute Gasteiger partial charge is 0.366 e. The summed E-state index contributed by atoms with van der Waals surface area (Å²) in [5, 5.41) is 0. The number of hydrogen-bond donors (Lipinski definition) is 1. The lowest BCUT2D eigenvalue weighted by molar-refractivity contribution is -0.114. The molecule has 0 aromatic rings. The van der Waals surface area contributed by atoms with E-state index in [1.54, 1.807) is 0 Å². The van der Waals surface area contributed by atoms with Gasteiger partial charge in [0.25, 0.3) is 0 Å². The van der Waals surface area contributed by atoms with E-state index in [9.17, 15) is 4.79 Å². The van der Waals surface area contributed by atoms with Gasteiger partial charge in [-0.15, -0.1) is 0 Å². The van der Waals surface area contributed by atoms with Crippen LogP contribution in [0.25, 0.3) is 0 Å². The Kier molecular flexibility index (Phi) is 6.29. The Morgan fingerprint density at radius 1 is 1.31 bits per heavy atom. The highest BCUT2D eigenvalue weighted by atomic mass is 16.1. The fourth-order valence-corrected chi connectivity index (χ4v) is 1.19. The van der Waals surface area contributed by atoms with Gasteiger partial charge in [0.2, 0.25) is 5.91 Å². The van der Waals surface area contributed by atoms with E-state index >= 15 is 0 Å². The fraction of sp³-hybridized carbons (Fsp3) is 0.727. The summed E-state index contributed by atoms with van der Waals surface area (Å²) in [6.07, 6.45) is 5.47. The van der Waals surface area contributed by atoms with Gasteiger partial charge in [0.05, 0.1) is 0 Å². The summed E-state index contributed by atoms with van der Waals surface area (Å²) in [5.41, 5.74) is 5.62. The molecule has 0 atom stereocenters. The molecule has 0 aromatic carbocycles. The average Bonchev–Trinajstić information content (AvgIpc) is 2.02. The van der Waals surface area contributed by atoms with E-state index < -0.39 is 0 Å². The van der Waals surface area contributed by atoms with Crippen LogP contribution in [-0.2, 0) is 4.79 Å². The molecular formula is C11H21NO. The van der Waals surface area contributed by atoms with Gasteiger partial charge in [0.1, 0.15) is 0 Å². The second kappa shape index (κ2) is 6.70. The van der Waals surface area contributed by atoms with Crippen molar-refractivity contribution in [1.82, 2.24) is 0 Å². The number of amides is 1. The summed E-state index contributed by atoms with van der Waals surface area (Å²) in [5.74, 6) is 0.420. The summed E-state index contributed by atoms with van der Waals surface area (Å²) in [4.78, 5) is 10.6. The molecule has 0 unspecified atom stereocenters. The van der Waals surface area contributed by atoms with Crippen LogP contribution in [0.15, 0.2) is 12.2 Å². The van der Waals surface area contributed by atoms with Crippen molar-refractivity contribution < 1.29 is 4.79 Å². The molecule has 0 aliphatic rings. The van der Waals surface area contributed by atoms with Crippen LogP contribution in [0.1, 0.15) is 46.0 Å². The number of carbonyl (C=O) groups is 1. The Bertz CT molecular complexity index is 173. The highest BCUT2D eigenvalue weighted by molar-refractivity contribution is 5.91. The van der Waals surface area contributed by atoms with Crippen molar-refractivity contribution in [2.45, 2.75) is 46.0 Å². The molecule has 0 spiro atoms. The van der Waals surface area contributed by atoms with E-state index in [4.69, 9.17) is 5.73 Å². The summed E-state index contributed by atoms with van der Waals surface area (Å²) in [6, 6.07) is 0. The molecule has 0 bridgehead atoms. The van der Waals surface area contributed by atoms with Gasteiger partial charge in [0, 0.05) is 5.57 Å². The maximum atomic E-state index is 10.6. The smallest absolute Gasteiger partial charge is 0.244 e. The summed E-state index contributed by atoms with van der Waals surface area (Å²) >= 11 is 0. The molecule has 2 N–H and O–H groups in total. The maximum absolute atomic E-state index is 10.6. The monoisotopic (exact) mass is 183 g/mol. The number of carbonyl (C=O) groups excluding carboxylic acids is 1. The number of rotatable bonds is 7. The van der Waals surface area contributed by atoms with Gasteiger partial charge >= 0.3 is 0 Å². The SMILES string of the molecule is C=C(CCCCCC(C)C)C(N)=O. The van der Waals surface area contributed by atoms with Crippen molar-refractivity contribution >= 4 is 5.91 Å². The van der Waals surface area contributed by atoms with Crippen LogP contribution in [0, 0.1) is 5.92 Å². The predicted octanol–water partition coefficient (Wildman–Crippen LogP) is 2.63. The third kappa shape index (κ3) is 7.57. The predicted molar refractivity (Wildman–Crippen MR) is 56.3 cm³/mol. The van der Waals surface area contributed by atoms with Crippen LogP contribution < -0.4 is 5.73 Å². The highest BCUT2D eigenvalue weighted by Gasteiger charge is 2.00. The molecule has 0 aromatic heterocycles. The van der Waals surface area contributed by atoms with Crippen LogP contribution in [0.3, 0.4) is 0 Å². The van der Waals surface area contributed by atoms with E-state index in [1.165, 1.54) is 19.3 Å². The molecule has 0 heterocycles. The van der Waals surface area contributed by atoms with Crippen molar-refractivity contribution in [1.29, 1.82) is 0 Å². The summed E-state index contributed by atoms with van der Waals surface area (Å²) in [6.45, 7) is 8.06. The Balaban J connectivity index is 3.26.